The number of benzene rings is 2. The molecule has 0 saturated carbocycles. The van der Waals surface area contributed by atoms with Gasteiger partial charge in [-0.05, 0) is 12.1 Å². The monoisotopic (exact) mass is 308 g/mol. The van der Waals surface area contributed by atoms with Crippen LogP contribution in [0.4, 0.5) is 5.69 Å². The zero-order valence-electron chi connectivity index (χ0n) is 12.5. The number of nitrogens with zero attached hydrogens (tertiary/aromatic N) is 2. The van der Waals surface area contributed by atoms with Gasteiger partial charge < -0.3 is 10.0 Å². The van der Waals surface area contributed by atoms with Crippen LogP contribution in [0.5, 0.6) is 0 Å². The van der Waals surface area contributed by atoms with Crippen LogP contribution in [0.3, 0.4) is 0 Å². The lowest BCUT2D eigenvalue weighted by atomic mass is 10.1. The van der Waals surface area contributed by atoms with Crippen LogP contribution in [-0.4, -0.2) is 29.9 Å². The molecule has 0 spiro atoms. The van der Waals surface area contributed by atoms with Crippen LogP contribution in [0.1, 0.15) is 22.3 Å². The standard InChI is InChI=1S/C18H16N2O3/c19-12-15-8-4-5-9-16(15)20(11-10-18(22)23)13-17(21)14-6-2-1-3-7-14/h1-9H,10-11,13H2,(H,22,23). The largest absolute Gasteiger partial charge is 0.481 e. The second-order valence-electron chi connectivity index (χ2n) is 4.98. The zero-order valence-corrected chi connectivity index (χ0v) is 12.5. The number of ketones is 1. The van der Waals surface area contributed by atoms with Crippen molar-refractivity contribution in [2.24, 2.45) is 0 Å². The van der Waals surface area contributed by atoms with Crippen molar-refractivity contribution in [1.29, 1.82) is 5.26 Å². The number of aliphatic carboxylic acids is 1. The summed E-state index contributed by atoms with van der Waals surface area (Å²) in [7, 11) is 0. The maximum absolute atomic E-state index is 12.4. The van der Waals surface area contributed by atoms with E-state index in [1.807, 2.05) is 6.07 Å². The number of rotatable bonds is 7. The number of hydrogen-bond acceptors (Lipinski definition) is 4. The van der Waals surface area contributed by atoms with Gasteiger partial charge >= 0.3 is 5.97 Å². The lowest BCUT2D eigenvalue weighted by Crippen LogP contribution is -2.32. The second-order valence-corrected chi connectivity index (χ2v) is 4.98. The van der Waals surface area contributed by atoms with Crippen molar-refractivity contribution in [1.82, 2.24) is 0 Å². The molecule has 5 nitrogen and oxygen atoms in total. The molecule has 2 aromatic rings. The lowest BCUT2D eigenvalue weighted by molar-refractivity contribution is -0.136. The molecule has 2 aromatic carbocycles. The van der Waals surface area contributed by atoms with E-state index in [2.05, 4.69) is 6.07 Å². The predicted octanol–water partition coefficient (Wildman–Crippen LogP) is 2.72. The Balaban J connectivity index is 2.26. The Morgan fingerprint density at radius 3 is 2.35 bits per heavy atom. The quantitative estimate of drug-likeness (QED) is 0.795. The molecule has 0 saturated heterocycles. The summed E-state index contributed by atoms with van der Waals surface area (Å²) < 4.78 is 0. The molecule has 1 N–H and O–H groups in total. The number of carbonyl (C=O) groups excluding carboxylic acids is 1. The van der Waals surface area contributed by atoms with Gasteiger partial charge in [-0.3, -0.25) is 9.59 Å². The van der Waals surface area contributed by atoms with Gasteiger partial charge in [0.25, 0.3) is 0 Å². The molecular formula is C18H16N2O3. The van der Waals surface area contributed by atoms with E-state index in [1.54, 1.807) is 53.4 Å². The Labute approximate surface area is 134 Å². The minimum absolute atomic E-state index is 0.0238. The van der Waals surface area contributed by atoms with Crippen LogP contribution in [0, 0.1) is 11.3 Å². The van der Waals surface area contributed by atoms with Crippen molar-refractivity contribution in [2.75, 3.05) is 18.0 Å². The minimum Gasteiger partial charge on any atom is -0.481 e. The molecule has 0 bridgehead atoms. The lowest BCUT2D eigenvalue weighted by Gasteiger charge is -2.24. The molecule has 0 fully saturated rings. The summed E-state index contributed by atoms with van der Waals surface area (Å²) in [4.78, 5) is 24.9. The molecule has 116 valence electrons. The molecule has 0 aromatic heterocycles. The number of carbonyl (C=O) groups is 2. The fraction of sp³-hybridized carbons (Fsp3) is 0.167. The van der Waals surface area contributed by atoms with Crippen LogP contribution in [0.25, 0.3) is 0 Å². The fourth-order valence-corrected chi connectivity index (χ4v) is 2.25. The van der Waals surface area contributed by atoms with Gasteiger partial charge in [0.15, 0.2) is 5.78 Å². The molecular weight excluding hydrogens is 292 g/mol. The molecule has 0 aliphatic rings. The smallest absolute Gasteiger partial charge is 0.305 e. The van der Waals surface area contributed by atoms with Crippen LogP contribution >= 0.6 is 0 Å². The molecule has 2 rings (SSSR count). The van der Waals surface area contributed by atoms with Crippen molar-refractivity contribution in [3.63, 3.8) is 0 Å². The molecule has 0 aliphatic carbocycles. The van der Waals surface area contributed by atoms with E-state index < -0.39 is 5.97 Å². The average Bonchev–Trinajstić information content (AvgIpc) is 2.59. The topological polar surface area (TPSA) is 81.4 Å². The van der Waals surface area contributed by atoms with Gasteiger partial charge in [-0.2, -0.15) is 5.26 Å². The van der Waals surface area contributed by atoms with Crippen molar-refractivity contribution in [2.45, 2.75) is 6.42 Å². The maximum atomic E-state index is 12.4. The molecule has 0 heterocycles. The third kappa shape index (κ3) is 4.42. The maximum Gasteiger partial charge on any atom is 0.305 e. The highest BCUT2D eigenvalue weighted by Gasteiger charge is 2.17. The first-order valence-corrected chi connectivity index (χ1v) is 7.16. The first kappa shape index (κ1) is 16.2. The number of carboxylic acids is 1. The van der Waals surface area contributed by atoms with E-state index in [0.29, 0.717) is 16.8 Å². The molecule has 0 unspecified atom stereocenters. The van der Waals surface area contributed by atoms with E-state index in [1.165, 1.54) is 0 Å². The van der Waals surface area contributed by atoms with Crippen molar-refractivity contribution >= 4 is 17.4 Å². The number of anilines is 1. The highest BCUT2D eigenvalue weighted by Crippen LogP contribution is 2.20. The molecule has 0 atom stereocenters. The molecule has 23 heavy (non-hydrogen) atoms. The van der Waals surface area contributed by atoms with Gasteiger partial charge in [0, 0.05) is 12.1 Å². The highest BCUT2D eigenvalue weighted by atomic mass is 16.4. The first-order valence-electron chi connectivity index (χ1n) is 7.16. The van der Waals surface area contributed by atoms with Crippen LogP contribution in [0.2, 0.25) is 0 Å². The predicted molar refractivity (Wildman–Crippen MR) is 86.4 cm³/mol. The van der Waals surface area contributed by atoms with Crippen molar-refractivity contribution < 1.29 is 14.7 Å². The van der Waals surface area contributed by atoms with Crippen molar-refractivity contribution in [3.8, 4) is 6.07 Å². The summed E-state index contributed by atoms with van der Waals surface area (Å²) in [6, 6.07) is 17.7. The Hall–Kier alpha value is -3.13. The Morgan fingerprint density at radius 1 is 1.04 bits per heavy atom. The Kier molecular flexibility index (Phi) is 5.48. The van der Waals surface area contributed by atoms with E-state index in [-0.39, 0.29) is 25.3 Å². The summed E-state index contributed by atoms with van der Waals surface area (Å²) >= 11 is 0. The normalized spacial score (nSPS) is 9.87. The first-order chi connectivity index (χ1) is 11.1. The second kappa shape index (κ2) is 7.76. The van der Waals surface area contributed by atoms with Gasteiger partial charge in [0.2, 0.25) is 0 Å². The molecule has 0 radical (unpaired) electrons. The number of para-hydroxylation sites is 1. The number of Topliss-reactive ketones (excluding diaryl/α,β-unsaturated/α-hetero) is 1. The summed E-state index contributed by atoms with van der Waals surface area (Å²) in [6.07, 6.45) is -0.109. The highest BCUT2D eigenvalue weighted by molar-refractivity contribution is 5.99. The number of nitriles is 1. The van der Waals surface area contributed by atoms with Gasteiger partial charge in [0.1, 0.15) is 6.07 Å². The summed E-state index contributed by atoms with van der Waals surface area (Å²) in [5.41, 5.74) is 1.54. The molecule has 5 heteroatoms. The number of hydrogen-bond donors (Lipinski definition) is 1. The Bertz CT molecular complexity index is 735. The summed E-state index contributed by atoms with van der Waals surface area (Å²) in [6.45, 7) is 0.183. The van der Waals surface area contributed by atoms with E-state index in [4.69, 9.17) is 5.11 Å². The average molecular weight is 308 g/mol. The third-order valence-electron chi connectivity index (χ3n) is 3.39. The van der Waals surface area contributed by atoms with Gasteiger partial charge in [0.05, 0.1) is 24.2 Å². The van der Waals surface area contributed by atoms with Gasteiger partial charge in [-0.25, -0.2) is 0 Å². The molecule has 0 aliphatic heterocycles. The fourth-order valence-electron chi connectivity index (χ4n) is 2.25. The minimum atomic E-state index is -0.948. The van der Waals surface area contributed by atoms with Gasteiger partial charge in [-0.1, -0.05) is 42.5 Å². The summed E-state index contributed by atoms with van der Waals surface area (Å²) in [5, 5.41) is 18.1. The van der Waals surface area contributed by atoms with E-state index >= 15 is 0 Å². The Morgan fingerprint density at radius 2 is 1.70 bits per heavy atom. The third-order valence-corrected chi connectivity index (χ3v) is 3.39. The SMILES string of the molecule is N#Cc1ccccc1N(CCC(=O)O)CC(=O)c1ccccc1. The van der Waals surface area contributed by atoms with Crippen molar-refractivity contribution in [3.05, 3.63) is 65.7 Å². The molecule has 0 amide bonds. The van der Waals surface area contributed by atoms with Crippen LogP contribution < -0.4 is 4.90 Å². The van der Waals surface area contributed by atoms with Crippen LogP contribution in [0.15, 0.2) is 54.6 Å². The van der Waals surface area contributed by atoms with E-state index in [0.717, 1.165) is 0 Å². The van der Waals surface area contributed by atoms with Gasteiger partial charge in [-0.15, -0.1) is 0 Å². The zero-order chi connectivity index (χ0) is 16.7. The summed E-state index contributed by atoms with van der Waals surface area (Å²) in [5.74, 6) is -1.07. The van der Waals surface area contributed by atoms with Crippen LogP contribution in [-0.2, 0) is 4.79 Å². The van der Waals surface area contributed by atoms with E-state index in [9.17, 15) is 14.9 Å². The number of carboxylic acid groups (broad SMARTS) is 1.